The average molecular weight is 365 g/mol. The minimum absolute atomic E-state index is 0.183. The second-order valence-corrected chi connectivity index (χ2v) is 5.37. The second kappa shape index (κ2) is 8.25. The number of nitrogens with one attached hydrogen (secondary N) is 1. The van der Waals surface area contributed by atoms with E-state index in [9.17, 15) is 9.59 Å². The molecule has 0 aliphatic rings. The third-order valence-corrected chi connectivity index (χ3v) is 3.40. The van der Waals surface area contributed by atoms with E-state index in [1.54, 1.807) is 24.3 Å². The molecule has 0 saturated heterocycles. The van der Waals surface area contributed by atoms with Crippen LogP contribution in [0.5, 0.6) is 17.2 Å². The number of primary amides is 1. The molecule has 3 N–H and O–H groups in total. The Morgan fingerprint density at radius 1 is 1.12 bits per heavy atom. The summed E-state index contributed by atoms with van der Waals surface area (Å²) < 4.78 is 15.8. The predicted molar refractivity (Wildman–Crippen MR) is 93.6 cm³/mol. The first-order valence-corrected chi connectivity index (χ1v) is 7.56. The number of carbonyl (C=O) groups is 2. The minimum Gasteiger partial charge on any atom is -0.493 e. The largest absolute Gasteiger partial charge is 0.493 e. The molecule has 0 saturated carbocycles. The van der Waals surface area contributed by atoms with Crippen LogP contribution in [0.2, 0.25) is 5.02 Å². The number of nitrogens with two attached hydrogens (primary N) is 1. The Hall–Kier alpha value is -2.93. The van der Waals surface area contributed by atoms with Gasteiger partial charge in [-0.05, 0) is 30.3 Å². The number of ether oxygens (including phenoxy) is 3. The highest BCUT2D eigenvalue weighted by atomic mass is 35.5. The number of halogens is 1. The highest BCUT2D eigenvalue weighted by molar-refractivity contribution is 6.31. The molecule has 0 radical (unpaired) electrons. The normalized spacial score (nSPS) is 10.0. The van der Waals surface area contributed by atoms with Crippen LogP contribution in [-0.2, 0) is 4.79 Å². The zero-order valence-electron chi connectivity index (χ0n) is 13.7. The second-order valence-electron chi connectivity index (χ2n) is 4.93. The van der Waals surface area contributed by atoms with E-state index in [-0.39, 0.29) is 35.3 Å². The van der Waals surface area contributed by atoms with Crippen LogP contribution < -0.4 is 25.3 Å². The third kappa shape index (κ3) is 4.77. The van der Waals surface area contributed by atoms with E-state index in [1.165, 1.54) is 26.4 Å². The highest BCUT2D eigenvalue weighted by Crippen LogP contribution is 2.38. The van der Waals surface area contributed by atoms with Crippen molar-refractivity contribution in [2.45, 2.75) is 0 Å². The fourth-order valence-electron chi connectivity index (χ4n) is 2.07. The van der Waals surface area contributed by atoms with Gasteiger partial charge in [0.1, 0.15) is 0 Å². The zero-order valence-corrected chi connectivity index (χ0v) is 14.4. The van der Waals surface area contributed by atoms with E-state index in [0.717, 1.165) is 0 Å². The van der Waals surface area contributed by atoms with E-state index >= 15 is 0 Å². The summed E-state index contributed by atoms with van der Waals surface area (Å²) in [5.74, 6) is -0.385. The first-order valence-electron chi connectivity index (χ1n) is 7.18. The molecule has 0 aliphatic heterocycles. The maximum absolute atomic E-state index is 12.5. The Labute approximate surface area is 149 Å². The van der Waals surface area contributed by atoms with Crippen molar-refractivity contribution in [2.75, 3.05) is 26.1 Å². The maximum Gasteiger partial charge on any atom is 0.255 e. The molecule has 2 rings (SSSR count). The lowest BCUT2D eigenvalue weighted by Gasteiger charge is -2.15. The van der Waals surface area contributed by atoms with Crippen LogP contribution in [0.25, 0.3) is 0 Å². The first kappa shape index (κ1) is 18.4. The van der Waals surface area contributed by atoms with Crippen LogP contribution in [0.1, 0.15) is 10.4 Å². The average Bonchev–Trinajstić information content (AvgIpc) is 2.58. The van der Waals surface area contributed by atoms with Crippen molar-refractivity contribution in [3.8, 4) is 17.2 Å². The van der Waals surface area contributed by atoms with E-state index in [0.29, 0.717) is 10.7 Å². The Bertz CT molecular complexity index is 769. The van der Waals surface area contributed by atoms with Crippen LogP contribution in [0.15, 0.2) is 36.4 Å². The summed E-state index contributed by atoms with van der Waals surface area (Å²) in [6, 6.07) is 9.70. The number of benzene rings is 2. The molecule has 0 atom stereocenters. The number of hydrogen-bond donors (Lipinski definition) is 2. The molecule has 2 amide bonds. The number of anilines is 1. The number of rotatable bonds is 7. The number of hydrogen-bond acceptors (Lipinski definition) is 5. The SMILES string of the molecule is COc1cc(C(=O)Nc2cccc(Cl)c2)cc(OC)c1OCC(N)=O. The van der Waals surface area contributed by atoms with Crippen molar-refractivity contribution in [2.24, 2.45) is 5.73 Å². The van der Waals surface area contributed by atoms with E-state index in [2.05, 4.69) is 5.32 Å². The van der Waals surface area contributed by atoms with Crippen LogP contribution in [0.3, 0.4) is 0 Å². The van der Waals surface area contributed by atoms with Gasteiger partial charge in [0.25, 0.3) is 11.8 Å². The Balaban J connectivity index is 2.31. The Kier molecular flexibility index (Phi) is 6.08. The topological polar surface area (TPSA) is 99.9 Å². The van der Waals surface area contributed by atoms with Gasteiger partial charge in [0, 0.05) is 16.3 Å². The van der Waals surface area contributed by atoms with Crippen molar-refractivity contribution in [1.29, 1.82) is 0 Å². The monoisotopic (exact) mass is 364 g/mol. The van der Waals surface area contributed by atoms with Gasteiger partial charge in [-0.25, -0.2) is 0 Å². The van der Waals surface area contributed by atoms with Gasteiger partial charge in [-0.1, -0.05) is 17.7 Å². The summed E-state index contributed by atoms with van der Waals surface area (Å²) in [6.45, 7) is -0.346. The molecule has 8 heteroatoms. The minimum atomic E-state index is -0.646. The molecule has 0 aromatic heterocycles. The van der Waals surface area contributed by atoms with Crippen molar-refractivity contribution in [1.82, 2.24) is 0 Å². The lowest BCUT2D eigenvalue weighted by molar-refractivity contribution is -0.120. The molecule has 0 bridgehead atoms. The summed E-state index contributed by atoms with van der Waals surface area (Å²) in [4.78, 5) is 23.4. The zero-order chi connectivity index (χ0) is 18.4. The summed E-state index contributed by atoms with van der Waals surface area (Å²) in [6.07, 6.45) is 0. The fraction of sp³-hybridized carbons (Fsp3) is 0.176. The fourth-order valence-corrected chi connectivity index (χ4v) is 2.26. The van der Waals surface area contributed by atoms with Gasteiger partial charge >= 0.3 is 0 Å². The number of methoxy groups -OCH3 is 2. The van der Waals surface area contributed by atoms with Crippen molar-refractivity contribution >= 4 is 29.1 Å². The summed E-state index contributed by atoms with van der Waals surface area (Å²) >= 11 is 5.91. The molecule has 0 heterocycles. The van der Waals surface area contributed by atoms with Crippen LogP contribution in [0.4, 0.5) is 5.69 Å². The molecule has 2 aromatic rings. The van der Waals surface area contributed by atoms with E-state index in [1.807, 2.05) is 0 Å². The predicted octanol–water partition coefficient (Wildman–Crippen LogP) is 2.47. The molecule has 0 spiro atoms. The molecule has 0 fully saturated rings. The molecule has 2 aromatic carbocycles. The third-order valence-electron chi connectivity index (χ3n) is 3.16. The quantitative estimate of drug-likeness (QED) is 0.786. The van der Waals surface area contributed by atoms with Crippen molar-refractivity contribution < 1.29 is 23.8 Å². The molecular formula is C17H17ClN2O5. The molecule has 25 heavy (non-hydrogen) atoms. The van der Waals surface area contributed by atoms with Crippen LogP contribution >= 0.6 is 11.6 Å². The van der Waals surface area contributed by atoms with Gasteiger partial charge in [-0.2, -0.15) is 0 Å². The molecule has 0 unspecified atom stereocenters. The lowest BCUT2D eigenvalue weighted by atomic mass is 10.1. The summed E-state index contributed by atoms with van der Waals surface area (Å²) in [5, 5.41) is 3.22. The van der Waals surface area contributed by atoms with Gasteiger partial charge in [0.15, 0.2) is 18.1 Å². The van der Waals surface area contributed by atoms with Gasteiger partial charge in [-0.15, -0.1) is 0 Å². The first-order chi connectivity index (χ1) is 11.9. The van der Waals surface area contributed by atoms with Crippen molar-refractivity contribution in [3.63, 3.8) is 0 Å². The van der Waals surface area contributed by atoms with Crippen molar-refractivity contribution in [3.05, 3.63) is 47.0 Å². The van der Waals surface area contributed by atoms with Gasteiger partial charge < -0.3 is 25.3 Å². The highest BCUT2D eigenvalue weighted by Gasteiger charge is 2.18. The summed E-state index contributed by atoms with van der Waals surface area (Å²) in [7, 11) is 2.81. The van der Waals surface area contributed by atoms with Crippen LogP contribution in [0, 0.1) is 0 Å². The molecule has 132 valence electrons. The maximum atomic E-state index is 12.5. The van der Waals surface area contributed by atoms with Gasteiger partial charge in [0.05, 0.1) is 14.2 Å². The lowest BCUT2D eigenvalue weighted by Crippen LogP contribution is -2.20. The molecule has 7 nitrogen and oxygen atoms in total. The van der Waals surface area contributed by atoms with Gasteiger partial charge in [-0.3, -0.25) is 9.59 Å². The summed E-state index contributed by atoms with van der Waals surface area (Å²) in [5.41, 5.74) is 5.90. The number of amides is 2. The Morgan fingerprint density at radius 2 is 1.76 bits per heavy atom. The van der Waals surface area contributed by atoms with Crippen LogP contribution in [-0.4, -0.2) is 32.6 Å². The smallest absolute Gasteiger partial charge is 0.255 e. The standard InChI is InChI=1S/C17H17ClN2O5/c1-23-13-6-10(7-14(24-2)16(13)25-9-15(19)21)17(22)20-12-5-3-4-11(18)8-12/h3-8H,9H2,1-2H3,(H2,19,21)(H,20,22). The number of carbonyl (C=O) groups excluding carboxylic acids is 2. The Morgan fingerprint density at radius 3 is 2.28 bits per heavy atom. The van der Waals surface area contributed by atoms with E-state index in [4.69, 9.17) is 31.5 Å². The molecule has 0 aliphatic carbocycles. The van der Waals surface area contributed by atoms with E-state index < -0.39 is 5.91 Å². The molecular weight excluding hydrogens is 348 g/mol. The van der Waals surface area contributed by atoms with Gasteiger partial charge in [0.2, 0.25) is 5.75 Å².